The van der Waals surface area contributed by atoms with Crippen LogP contribution in [0.25, 0.3) is 0 Å². The molecule has 1 aromatic heterocycles. The Balaban J connectivity index is 2.16. The van der Waals surface area contributed by atoms with E-state index in [0.717, 1.165) is 15.6 Å². The van der Waals surface area contributed by atoms with Crippen LogP contribution in [-0.2, 0) is 6.42 Å². The molecule has 0 aliphatic heterocycles. The zero-order valence-electron chi connectivity index (χ0n) is 9.48. The van der Waals surface area contributed by atoms with Gasteiger partial charge in [-0.15, -0.1) is 0 Å². The number of aromatic nitrogens is 1. The highest BCUT2D eigenvalue weighted by Crippen LogP contribution is 2.27. The summed E-state index contributed by atoms with van der Waals surface area (Å²) in [6.45, 7) is 0. The van der Waals surface area contributed by atoms with E-state index in [1.807, 2.05) is 18.2 Å². The van der Waals surface area contributed by atoms with Gasteiger partial charge in [-0.05, 0) is 51.3 Å². The molecule has 0 aliphatic carbocycles. The average Bonchev–Trinajstić information content (AvgIpc) is 2.32. The number of rotatable bonds is 3. The van der Waals surface area contributed by atoms with Gasteiger partial charge in [0.2, 0.25) is 0 Å². The van der Waals surface area contributed by atoms with Crippen LogP contribution in [0.2, 0.25) is 5.02 Å². The first-order valence-electron chi connectivity index (χ1n) is 5.39. The lowest BCUT2D eigenvalue weighted by molar-refractivity contribution is 0.178. The summed E-state index contributed by atoms with van der Waals surface area (Å²) < 4.78 is 0.773. The van der Waals surface area contributed by atoms with Crippen molar-refractivity contribution in [2.75, 3.05) is 5.73 Å². The molecule has 18 heavy (non-hydrogen) atoms. The summed E-state index contributed by atoms with van der Waals surface area (Å²) in [5.74, 6) is 0.456. The van der Waals surface area contributed by atoms with Gasteiger partial charge in [0, 0.05) is 17.1 Å². The van der Waals surface area contributed by atoms with Crippen LogP contribution in [0.3, 0.4) is 0 Å². The lowest BCUT2D eigenvalue weighted by Gasteiger charge is -2.12. The van der Waals surface area contributed by atoms with Gasteiger partial charge < -0.3 is 10.8 Å². The van der Waals surface area contributed by atoms with Gasteiger partial charge >= 0.3 is 0 Å². The van der Waals surface area contributed by atoms with Crippen LogP contribution in [0.5, 0.6) is 0 Å². The topological polar surface area (TPSA) is 59.1 Å². The Hall–Kier alpha value is -1.10. The molecule has 0 aliphatic rings. The van der Waals surface area contributed by atoms with Gasteiger partial charge in [-0.3, -0.25) is 0 Å². The summed E-state index contributed by atoms with van der Waals surface area (Å²) in [5, 5.41) is 10.8. The highest BCUT2D eigenvalue weighted by atomic mass is 79.9. The summed E-state index contributed by atoms with van der Waals surface area (Å²) in [5.41, 5.74) is 7.35. The molecule has 2 aromatic rings. The number of hydrogen-bond donors (Lipinski definition) is 2. The van der Waals surface area contributed by atoms with Crippen LogP contribution >= 0.6 is 27.5 Å². The molecule has 0 spiro atoms. The van der Waals surface area contributed by atoms with E-state index in [4.69, 9.17) is 17.3 Å². The molecule has 1 aromatic carbocycles. The second kappa shape index (κ2) is 5.69. The number of anilines is 1. The molecule has 3 N–H and O–H groups in total. The number of nitrogens with zero attached hydrogens (tertiary/aromatic N) is 1. The first-order valence-corrected chi connectivity index (χ1v) is 6.57. The number of benzene rings is 1. The van der Waals surface area contributed by atoms with E-state index in [2.05, 4.69) is 20.9 Å². The van der Waals surface area contributed by atoms with Gasteiger partial charge in [-0.25, -0.2) is 4.98 Å². The van der Waals surface area contributed by atoms with Gasteiger partial charge in [0.25, 0.3) is 0 Å². The number of aliphatic hydroxyl groups excluding tert-OH is 1. The minimum Gasteiger partial charge on any atom is -0.388 e. The molecule has 1 heterocycles. The van der Waals surface area contributed by atoms with Crippen molar-refractivity contribution in [2.24, 2.45) is 0 Å². The van der Waals surface area contributed by atoms with E-state index >= 15 is 0 Å². The Morgan fingerprint density at radius 3 is 2.78 bits per heavy atom. The van der Waals surface area contributed by atoms with Crippen molar-refractivity contribution in [3.05, 3.63) is 57.2 Å². The summed E-state index contributed by atoms with van der Waals surface area (Å²) in [4.78, 5) is 3.92. The average molecular weight is 328 g/mol. The van der Waals surface area contributed by atoms with E-state index in [1.54, 1.807) is 18.3 Å². The minimum atomic E-state index is -0.597. The van der Waals surface area contributed by atoms with Crippen LogP contribution in [0.15, 0.2) is 41.0 Å². The number of pyridine rings is 1. The predicted octanol–water partition coefficient (Wildman–Crippen LogP) is 3.36. The molecule has 1 unspecified atom stereocenters. The van der Waals surface area contributed by atoms with Gasteiger partial charge in [0.1, 0.15) is 5.82 Å². The van der Waals surface area contributed by atoms with E-state index in [1.165, 1.54) is 0 Å². The fraction of sp³-hybridized carbons (Fsp3) is 0.154. The van der Waals surface area contributed by atoms with Crippen LogP contribution in [0, 0.1) is 0 Å². The van der Waals surface area contributed by atoms with Gasteiger partial charge in [0.05, 0.1) is 11.1 Å². The Morgan fingerprint density at radius 2 is 2.11 bits per heavy atom. The third kappa shape index (κ3) is 3.22. The second-order valence-corrected chi connectivity index (χ2v) is 5.24. The quantitative estimate of drug-likeness (QED) is 0.909. The first kappa shape index (κ1) is 13.3. The number of aliphatic hydroxyl groups is 1. The summed E-state index contributed by atoms with van der Waals surface area (Å²) in [7, 11) is 0. The molecule has 0 bridgehead atoms. The van der Waals surface area contributed by atoms with Crippen molar-refractivity contribution in [1.82, 2.24) is 4.98 Å². The molecular weight excluding hydrogens is 316 g/mol. The SMILES string of the molecule is Nc1cc(CC(O)c2ccc(Cl)c(Br)c2)ccn1. The summed E-state index contributed by atoms with van der Waals surface area (Å²) in [6.07, 6.45) is 1.52. The Labute approximate surface area is 119 Å². The van der Waals surface area contributed by atoms with Crippen molar-refractivity contribution in [1.29, 1.82) is 0 Å². The first-order chi connectivity index (χ1) is 8.56. The third-order valence-corrected chi connectivity index (χ3v) is 3.82. The monoisotopic (exact) mass is 326 g/mol. The molecule has 0 radical (unpaired) electrons. The van der Waals surface area contributed by atoms with Crippen molar-refractivity contribution in [3.8, 4) is 0 Å². The number of hydrogen-bond acceptors (Lipinski definition) is 3. The molecule has 94 valence electrons. The molecule has 0 amide bonds. The fourth-order valence-corrected chi connectivity index (χ4v) is 2.20. The molecule has 0 saturated carbocycles. The molecule has 1 atom stereocenters. The number of nitrogen functional groups attached to an aromatic ring is 1. The van der Waals surface area contributed by atoms with Crippen molar-refractivity contribution < 1.29 is 5.11 Å². The van der Waals surface area contributed by atoms with Gasteiger partial charge in [0.15, 0.2) is 0 Å². The molecule has 2 rings (SSSR count). The number of nitrogens with two attached hydrogens (primary N) is 1. The second-order valence-electron chi connectivity index (χ2n) is 3.98. The zero-order valence-corrected chi connectivity index (χ0v) is 11.8. The highest BCUT2D eigenvalue weighted by Gasteiger charge is 2.10. The normalized spacial score (nSPS) is 12.4. The largest absolute Gasteiger partial charge is 0.388 e. The van der Waals surface area contributed by atoms with E-state index < -0.39 is 6.10 Å². The predicted molar refractivity (Wildman–Crippen MR) is 76.5 cm³/mol. The Kier molecular flexibility index (Phi) is 4.22. The zero-order chi connectivity index (χ0) is 13.1. The Morgan fingerprint density at radius 1 is 1.33 bits per heavy atom. The van der Waals surface area contributed by atoms with Crippen molar-refractivity contribution in [3.63, 3.8) is 0 Å². The maximum Gasteiger partial charge on any atom is 0.123 e. The summed E-state index contributed by atoms with van der Waals surface area (Å²) in [6, 6.07) is 8.98. The molecule has 3 nitrogen and oxygen atoms in total. The summed E-state index contributed by atoms with van der Waals surface area (Å²) >= 11 is 9.25. The molecular formula is C13H12BrClN2O. The van der Waals surface area contributed by atoms with Crippen LogP contribution in [-0.4, -0.2) is 10.1 Å². The van der Waals surface area contributed by atoms with Crippen LogP contribution in [0.1, 0.15) is 17.2 Å². The van der Waals surface area contributed by atoms with Gasteiger partial charge in [-0.1, -0.05) is 17.7 Å². The maximum absolute atomic E-state index is 10.2. The van der Waals surface area contributed by atoms with Gasteiger partial charge in [-0.2, -0.15) is 0 Å². The van der Waals surface area contributed by atoms with E-state index in [9.17, 15) is 5.11 Å². The minimum absolute atomic E-state index is 0.456. The number of halogens is 2. The standard InChI is InChI=1S/C13H12BrClN2O/c14-10-7-9(1-2-11(10)15)12(18)5-8-3-4-17-13(16)6-8/h1-4,6-7,12,18H,5H2,(H2,16,17). The Bertz CT molecular complexity index is 562. The van der Waals surface area contributed by atoms with E-state index in [-0.39, 0.29) is 0 Å². The molecule has 0 saturated heterocycles. The smallest absolute Gasteiger partial charge is 0.123 e. The van der Waals surface area contributed by atoms with E-state index in [0.29, 0.717) is 17.3 Å². The van der Waals surface area contributed by atoms with Crippen molar-refractivity contribution in [2.45, 2.75) is 12.5 Å². The molecule has 0 fully saturated rings. The fourth-order valence-electron chi connectivity index (χ4n) is 1.68. The lowest BCUT2D eigenvalue weighted by Crippen LogP contribution is -2.03. The van der Waals surface area contributed by atoms with Crippen LogP contribution in [0.4, 0.5) is 5.82 Å². The molecule has 5 heteroatoms. The van der Waals surface area contributed by atoms with Crippen LogP contribution < -0.4 is 5.73 Å². The maximum atomic E-state index is 10.2. The third-order valence-electron chi connectivity index (χ3n) is 2.60. The highest BCUT2D eigenvalue weighted by molar-refractivity contribution is 9.10. The lowest BCUT2D eigenvalue weighted by atomic mass is 10.0. The van der Waals surface area contributed by atoms with Crippen molar-refractivity contribution >= 4 is 33.3 Å².